The molecule has 2 heteroatoms. The van der Waals surface area contributed by atoms with Crippen LogP contribution in [0.4, 0.5) is 0 Å². The highest BCUT2D eigenvalue weighted by Gasteiger charge is 2.02. The van der Waals surface area contributed by atoms with Crippen LogP contribution < -0.4 is 0 Å². The molecule has 0 aliphatic carbocycles. The van der Waals surface area contributed by atoms with Crippen LogP contribution in [-0.2, 0) is 15.9 Å². The third kappa shape index (κ3) is 3.62. The van der Waals surface area contributed by atoms with Gasteiger partial charge in [0.05, 0.1) is 5.76 Å². The lowest BCUT2D eigenvalue weighted by atomic mass is 10.1. The quantitative estimate of drug-likeness (QED) is 0.527. The highest BCUT2D eigenvalue weighted by molar-refractivity contribution is 5.18. The minimum atomic E-state index is -0.230. The van der Waals surface area contributed by atoms with Crippen molar-refractivity contribution in [1.29, 1.82) is 0 Å². The number of allylic oxidation sites excluding steroid dienone is 1. The Bertz CT molecular complexity index is 280. The Morgan fingerprint density at radius 2 is 2.00 bits per heavy atom. The number of hydrogen-bond donors (Lipinski definition) is 0. The largest absolute Gasteiger partial charge is 0.470 e. The van der Waals surface area contributed by atoms with Crippen molar-refractivity contribution in [1.82, 2.24) is 0 Å². The average molecular weight is 192 g/mol. The summed E-state index contributed by atoms with van der Waals surface area (Å²) in [5.74, 6) is 0.727. The van der Waals surface area contributed by atoms with E-state index in [4.69, 9.17) is 9.47 Å². The third-order valence-electron chi connectivity index (χ3n) is 1.91. The van der Waals surface area contributed by atoms with Gasteiger partial charge in [-0.1, -0.05) is 36.9 Å². The fraction of sp³-hybridized carbons (Fsp3) is 0.333. The molecule has 0 saturated carbocycles. The molecule has 2 nitrogen and oxygen atoms in total. The third-order valence-corrected chi connectivity index (χ3v) is 1.91. The second-order valence-corrected chi connectivity index (χ2v) is 3.12. The maximum Gasteiger partial charge on any atom is 0.196 e. The Balaban J connectivity index is 2.42. The van der Waals surface area contributed by atoms with E-state index in [9.17, 15) is 0 Å². The molecule has 1 aromatic rings. The van der Waals surface area contributed by atoms with Crippen LogP contribution in [0.5, 0.6) is 0 Å². The molecule has 76 valence electrons. The van der Waals surface area contributed by atoms with Gasteiger partial charge in [0.2, 0.25) is 0 Å². The van der Waals surface area contributed by atoms with Crippen LogP contribution in [0.15, 0.2) is 42.7 Å². The standard InChI is InChI=1S/C12H16O2/c1-10(14-11(2)13-3)9-12-7-5-4-6-8-12/h4-8,11H,1,9H2,2-3H3. The van der Waals surface area contributed by atoms with Crippen LogP contribution in [0.2, 0.25) is 0 Å². The van der Waals surface area contributed by atoms with Gasteiger partial charge in [-0.25, -0.2) is 0 Å². The molecule has 0 amide bonds. The van der Waals surface area contributed by atoms with Crippen molar-refractivity contribution >= 4 is 0 Å². The fourth-order valence-electron chi connectivity index (χ4n) is 1.15. The van der Waals surface area contributed by atoms with Crippen LogP contribution in [0.3, 0.4) is 0 Å². The van der Waals surface area contributed by atoms with E-state index in [-0.39, 0.29) is 6.29 Å². The van der Waals surface area contributed by atoms with Gasteiger partial charge in [0, 0.05) is 13.5 Å². The average Bonchev–Trinajstić information content (AvgIpc) is 2.19. The number of methoxy groups -OCH3 is 1. The molecule has 1 unspecified atom stereocenters. The topological polar surface area (TPSA) is 18.5 Å². The first-order valence-electron chi connectivity index (χ1n) is 4.63. The van der Waals surface area contributed by atoms with Gasteiger partial charge in [0.15, 0.2) is 6.29 Å². The molecular formula is C12H16O2. The molecule has 1 rings (SSSR count). The zero-order valence-electron chi connectivity index (χ0n) is 8.69. The zero-order chi connectivity index (χ0) is 10.4. The van der Waals surface area contributed by atoms with Gasteiger partial charge in [0.25, 0.3) is 0 Å². The van der Waals surface area contributed by atoms with Crippen molar-refractivity contribution in [2.45, 2.75) is 19.6 Å². The van der Waals surface area contributed by atoms with E-state index in [1.165, 1.54) is 5.56 Å². The van der Waals surface area contributed by atoms with E-state index in [0.29, 0.717) is 0 Å². The highest BCUT2D eigenvalue weighted by atomic mass is 16.7. The molecule has 1 atom stereocenters. The van der Waals surface area contributed by atoms with E-state index < -0.39 is 0 Å². The van der Waals surface area contributed by atoms with Crippen LogP contribution in [0.1, 0.15) is 12.5 Å². The number of rotatable bonds is 5. The minimum Gasteiger partial charge on any atom is -0.470 e. The maximum absolute atomic E-state index is 5.39. The van der Waals surface area contributed by atoms with Crippen LogP contribution >= 0.6 is 0 Å². The molecule has 0 aliphatic rings. The van der Waals surface area contributed by atoms with Gasteiger partial charge in [-0.2, -0.15) is 0 Å². The summed E-state index contributed by atoms with van der Waals surface area (Å²) >= 11 is 0. The second kappa shape index (κ2) is 5.45. The summed E-state index contributed by atoms with van der Waals surface area (Å²) in [6, 6.07) is 10.1. The van der Waals surface area contributed by atoms with E-state index in [1.54, 1.807) is 7.11 Å². The first-order chi connectivity index (χ1) is 6.72. The van der Waals surface area contributed by atoms with Gasteiger partial charge < -0.3 is 9.47 Å². The van der Waals surface area contributed by atoms with Crippen molar-refractivity contribution in [3.63, 3.8) is 0 Å². The summed E-state index contributed by atoms with van der Waals surface area (Å²) in [6.07, 6.45) is 0.500. The fourth-order valence-corrected chi connectivity index (χ4v) is 1.15. The monoisotopic (exact) mass is 192 g/mol. The van der Waals surface area contributed by atoms with Gasteiger partial charge >= 0.3 is 0 Å². The van der Waals surface area contributed by atoms with Crippen LogP contribution in [0, 0.1) is 0 Å². The molecule has 1 aromatic carbocycles. The van der Waals surface area contributed by atoms with Gasteiger partial charge in [-0.15, -0.1) is 0 Å². The SMILES string of the molecule is C=C(Cc1ccccc1)OC(C)OC. The molecule has 0 radical (unpaired) electrons. The molecule has 0 bridgehead atoms. The molecule has 0 heterocycles. The molecule has 0 aliphatic heterocycles. The second-order valence-electron chi connectivity index (χ2n) is 3.12. The normalized spacial score (nSPS) is 12.1. The zero-order valence-corrected chi connectivity index (χ0v) is 8.69. The van der Waals surface area contributed by atoms with Crippen LogP contribution in [-0.4, -0.2) is 13.4 Å². The van der Waals surface area contributed by atoms with Crippen molar-refractivity contribution in [3.05, 3.63) is 48.2 Å². The lowest BCUT2D eigenvalue weighted by molar-refractivity contribution is -0.0808. The van der Waals surface area contributed by atoms with Crippen molar-refractivity contribution in [3.8, 4) is 0 Å². The molecule has 0 spiro atoms. The lowest BCUT2D eigenvalue weighted by Crippen LogP contribution is -2.10. The molecule has 0 fully saturated rings. The minimum absolute atomic E-state index is 0.230. The first-order valence-corrected chi connectivity index (χ1v) is 4.63. The van der Waals surface area contributed by atoms with Gasteiger partial charge in [-0.3, -0.25) is 0 Å². The Morgan fingerprint density at radius 3 is 2.57 bits per heavy atom. The summed E-state index contributed by atoms with van der Waals surface area (Å²) in [6.45, 7) is 5.68. The van der Waals surface area contributed by atoms with Crippen molar-refractivity contribution in [2.24, 2.45) is 0 Å². The number of hydrogen-bond acceptors (Lipinski definition) is 2. The van der Waals surface area contributed by atoms with Gasteiger partial charge in [-0.05, 0) is 12.5 Å². The summed E-state index contributed by atoms with van der Waals surface area (Å²) < 4.78 is 10.4. The predicted octanol–water partition coefficient (Wildman–Crippen LogP) is 2.75. The van der Waals surface area contributed by atoms with Crippen LogP contribution in [0.25, 0.3) is 0 Å². The Hall–Kier alpha value is -1.28. The number of benzene rings is 1. The summed E-state index contributed by atoms with van der Waals surface area (Å²) in [5.41, 5.74) is 1.20. The van der Waals surface area contributed by atoms with E-state index in [2.05, 4.69) is 6.58 Å². The molecule has 14 heavy (non-hydrogen) atoms. The Labute approximate surface area is 85.2 Å². The summed E-state index contributed by atoms with van der Waals surface area (Å²) in [7, 11) is 1.61. The van der Waals surface area contributed by atoms with E-state index >= 15 is 0 Å². The Kier molecular flexibility index (Phi) is 4.20. The molecular weight excluding hydrogens is 176 g/mol. The van der Waals surface area contributed by atoms with Crippen molar-refractivity contribution < 1.29 is 9.47 Å². The maximum atomic E-state index is 5.39. The summed E-state index contributed by atoms with van der Waals surface area (Å²) in [5, 5.41) is 0. The van der Waals surface area contributed by atoms with E-state index in [1.807, 2.05) is 37.3 Å². The predicted molar refractivity (Wildman–Crippen MR) is 56.8 cm³/mol. The molecule has 0 saturated heterocycles. The molecule has 0 N–H and O–H groups in total. The number of ether oxygens (including phenoxy) is 2. The lowest BCUT2D eigenvalue weighted by Gasteiger charge is -2.14. The van der Waals surface area contributed by atoms with Crippen molar-refractivity contribution in [2.75, 3.05) is 7.11 Å². The Morgan fingerprint density at radius 1 is 1.36 bits per heavy atom. The highest BCUT2D eigenvalue weighted by Crippen LogP contribution is 2.09. The van der Waals surface area contributed by atoms with Gasteiger partial charge in [0.1, 0.15) is 0 Å². The molecule has 0 aromatic heterocycles. The van der Waals surface area contributed by atoms with E-state index in [0.717, 1.165) is 12.2 Å². The summed E-state index contributed by atoms with van der Waals surface area (Å²) in [4.78, 5) is 0. The smallest absolute Gasteiger partial charge is 0.196 e. The first kappa shape index (κ1) is 10.8.